The number of hydrogen-bond donors (Lipinski definition) is 1. The summed E-state index contributed by atoms with van der Waals surface area (Å²) in [5.41, 5.74) is 4.93. The second-order valence-corrected chi connectivity index (χ2v) is 12.0. The molecule has 0 amide bonds. The molecule has 2 atom stereocenters. The van der Waals surface area contributed by atoms with E-state index >= 15 is 0 Å². The zero-order chi connectivity index (χ0) is 25.0. The van der Waals surface area contributed by atoms with E-state index < -0.39 is 9.84 Å². The Hall–Kier alpha value is -3.67. The summed E-state index contributed by atoms with van der Waals surface area (Å²) in [5.74, 6) is 0.127. The summed E-state index contributed by atoms with van der Waals surface area (Å²) in [4.78, 5) is 9.69. The molecule has 8 heteroatoms. The lowest BCUT2D eigenvalue weighted by molar-refractivity contribution is 0.397. The number of hydrogen-bond acceptors (Lipinski definition) is 6. The average Bonchev–Trinajstić information content (AvgIpc) is 3.59. The highest BCUT2D eigenvalue weighted by Gasteiger charge is 2.30. The number of benzene rings is 2. The molecule has 6 nitrogen and oxygen atoms in total. The van der Waals surface area contributed by atoms with Gasteiger partial charge in [0.05, 0.1) is 30.2 Å². The minimum atomic E-state index is -3.51. The van der Waals surface area contributed by atoms with Gasteiger partial charge in [-0.3, -0.25) is 0 Å². The molecule has 2 aromatic heterocycles. The molecule has 36 heavy (non-hydrogen) atoms. The Morgan fingerprint density at radius 1 is 1.17 bits per heavy atom. The topological polar surface area (TPSA) is 89.8 Å². The quantitative estimate of drug-likeness (QED) is 0.358. The first kappa shape index (κ1) is 24.0. The van der Waals surface area contributed by atoms with Crippen molar-refractivity contribution in [1.82, 2.24) is 9.97 Å². The number of fused-ring (bicyclic) bond motifs is 1. The fraction of sp³-hybridized carbons (Fsp3) is 0.214. The molecular formula is C28H26N4O2S2. The molecular weight excluding hydrogens is 488 g/mol. The van der Waals surface area contributed by atoms with Gasteiger partial charge in [0.2, 0.25) is 9.84 Å². The van der Waals surface area contributed by atoms with Crippen molar-refractivity contribution in [1.29, 1.82) is 5.26 Å². The molecule has 1 unspecified atom stereocenters. The molecule has 1 N–H and O–H groups in total. The predicted octanol–water partition coefficient (Wildman–Crippen LogP) is 5.37. The Kier molecular flexibility index (Phi) is 7.03. The number of allylic oxidation sites excluding steroid dienone is 1. The van der Waals surface area contributed by atoms with Crippen molar-refractivity contribution < 1.29 is 8.42 Å². The van der Waals surface area contributed by atoms with Crippen LogP contribution in [-0.4, -0.2) is 24.9 Å². The first-order valence-corrected chi connectivity index (χ1v) is 14.2. The van der Waals surface area contributed by atoms with Crippen molar-refractivity contribution in [3.63, 3.8) is 0 Å². The molecule has 0 spiro atoms. The molecule has 0 aliphatic carbocycles. The summed E-state index contributed by atoms with van der Waals surface area (Å²) in [7, 11) is -3.51. The van der Waals surface area contributed by atoms with E-state index in [1.807, 2.05) is 48.7 Å². The largest absolute Gasteiger partial charge is 0.365 e. The Morgan fingerprint density at radius 3 is 2.75 bits per heavy atom. The Labute approximate surface area is 215 Å². The van der Waals surface area contributed by atoms with E-state index in [9.17, 15) is 13.7 Å². The maximum atomic E-state index is 13.0. The highest BCUT2D eigenvalue weighted by atomic mass is 32.2. The van der Waals surface area contributed by atoms with Crippen molar-refractivity contribution in [2.24, 2.45) is 11.8 Å². The molecule has 1 aliphatic rings. The molecule has 0 fully saturated rings. The molecule has 182 valence electrons. The van der Waals surface area contributed by atoms with Gasteiger partial charge in [0, 0.05) is 23.8 Å². The number of nitrogens with one attached hydrogen (secondary N) is 1. The van der Waals surface area contributed by atoms with Crippen LogP contribution in [0.2, 0.25) is 0 Å². The van der Waals surface area contributed by atoms with Crippen molar-refractivity contribution >= 4 is 26.9 Å². The highest BCUT2D eigenvalue weighted by Crippen LogP contribution is 2.36. The third-order valence-electron chi connectivity index (χ3n) is 6.60. The summed E-state index contributed by atoms with van der Waals surface area (Å²) in [5, 5.41) is 12.7. The van der Waals surface area contributed by atoms with E-state index in [-0.39, 0.29) is 11.8 Å². The second-order valence-electron chi connectivity index (χ2n) is 9.04. The number of H-pyrrole nitrogens is 1. The van der Waals surface area contributed by atoms with Gasteiger partial charge in [0.25, 0.3) is 0 Å². The van der Waals surface area contributed by atoms with Crippen LogP contribution in [0.3, 0.4) is 0 Å². The summed E-state index contributed by atoms with van der Waals surface area (Å²) in [6, 6.07) is 21.8. The van der Waals surface area contributed by atoms with Crippen molar-refractivity contribution in [3.8, 4) is 6.07 Å². The zero-order valence-corrected chi connectivity index (χ0v) is 21.3. The number of rotatable bonds is 7. The van der Waals surface area contributed by atoms with Crippen molar-refractivity contribution in [2.45, 2.75) is 23.6 Å². The minimum absolute atomic E-state index is 0.0283. The van der Waals surface area contributed by atoms with E-state index in [1.165, 1.54) is 22.3 Å². The third kappa shape index (κ3) is 5.43. The van der Waals surface area contributed by atoms with Gasteiger partial charge in [0.1, 0.15) is 4.21 Å². The summed E-state index contributed by atoms with van der Waals surface area (Å²) in [6.45, 7) is 1.38. The number of aromatic nitrogens is 2. The number of nitriles is 1. The van der Waals surface area contributed by atoms with Crippen LogP contribution in [0, 0.1) is 23.2 Å². The lowest BCUT2D eigenvalue weighted by Gasteiger charge is -2.29. The summed E-state index contributed by atoms with van der Waals surface area (Å²) in [6.07, 6.45) is 6.83. The van der Waals surface area contributed by atoms with Crippen LogP contribution in [0.5, 0.6) is 0 Å². The van der Waals surface area contributed by atoms with Gasteiger partial charge in [-0.05, 0) is 65.4 Å². The first-order chi connectivity index (χ1) is 17.5. The fourth-order valence-electron chi connectivity index (χ4n) is 4.85. The number of nitrogens with zero attached hydrogens (tertiary/aromatic N) is 3. The lowest BCUT2D eigenvalue weighted by Crippen LogP contribution is -2.32. The molecule has 1 aliphatic heterocycles. The molecule has 2 aromatic carbocycles. The van der Waals surface area contributed by atoms with Gasteiger partial charge in [-0.1, -0.05) is 42.5 Å². The maximum Gasteiger partial charge on any atom is 0.208 e. The zero-order valence-electron chi connectivity index (χ0n) is 19.6. The van der Waals surface area contributed by atoms with Gasteiger partial charge < -0.3 is 9.88 Å². The van der Waals surface area contributed by atoms with Crippen molar-refractivity contribution in [2.75, 3.05) is 11.4 Å². The summed E-state index contributed by atoms with van der Waals surface area (Å²) >= 11 is 1.23. The van der Waals surface area contributed by atoms with Crippen LogP contribution in [0.1, 0.15) is 22.4 Å². The molecule has 0 bridgehead atoms. The van der Waals surface area contributed by atoms with Crippen molar-refractivity contribution in [3.05, 3.63) is 112 Å². The number of sulfone groups is 1. The average molecular weight is 515 g/mol. The lowest BCUT2D eigenvalue weighted by atomic mass is 9.83. The Bertz CT molecular complexity index is 1470. The van der Waals surface area contributed by atoms with Crippen LogP contribution in [0.15, 0.2) is 94.3 Å². The molecule has 5 rings (SSSR count). The predicted molar refractivity (Wildman–Crippen MR) is 142 cm³/mol. The number of anilines is 1. The van der Waals surface area contributed by atoms with Gasteiger partial charge in [-0.15, -0.1) is 11.3 Å². The molecule has 3 heterocycles. The standard InChI is InChI=1S/C28H26N4O2S2/c29-16-22-8-9-27-24(14-22)15-23(10-12-36(33,34)28-7-4-11-35-28)25(13-21-5-2-1-3-6-21)18-32(27)19-26-17-30-20-31-26/h1-12,14,17,20,23,25H,13,15,18-19H2,(H,30,31)/b12-10+/t23?,25-/m1/s1. The maximum absolute atomic E-state index is 13.0. The van der Waals surface area contributed by atoms with Crippen LogP contribution >= 0.6 is 11.3 Å². The van der Waals surface area contributed by atoms with E-state index in [2.05, 4.69) is 33.1 Å². The monoisotopic (exact) mass is 514 g/mol. The molecule has 0 saturated heterocycles. The van der Waals surface area contributed by atoms with E-state index in [1.54, 1.807) is 23.8 Å². The van der Waals surface area contributed by atoms with Crippen LogP contribution < -0.4 is 4.90 Å². The highest BCUT2D eigenvalue weighted by molar-refractivity contribution is 7.96. The van der Waals surface area contributed by atoms with Crippen LogP contribution in [0.25, 0.3) is 0 Å². The normalized spacial score (nSPS) is 18.0. The minimum Gasteiger partial charge on any atom is -0.365 e. The SMILES string of the molecule is N#Cc1ccc2c(c1)CC(/C=C/S(=O)(=O)c1cccs1)[C@H](Cc1ccccc1)CN2Cc1cnc[nH]1. The van der Waals surface area contributed by atoms with Crippen LogP contribution in [-0.2, 0) is 29.2 Å². The third-order valence-corrected chi connectivity index (χ3v) is 9.46. The Morgan fingerprint density at radius 2 is 2.03 bits per heavy atom. The molecule has 4 aromatic rings. The molecule has 0 saturated carbocycles. The van der Waals surface area contributed by atoms with E-state index in [0.717, 1.165) is 29.9 Å². The number of aromatic amines is 1. The molecule has 0 radical (unpaired) electrons. The summed E-state index contributed by atoms with van der Waals surface area (Å²) < 4.78 is 26.3. The van der Waals surface area contributed by atoms with E-state index in [0.29, 0.717) is 22.7 Å². The number of imidazole rings is 1. The smallest absolute Gasteiger partial charge is 0.208 e. The van der Waals surface area contributed by atoms with Gasteiger partial charge in [-0.2, -0.15) is 5.26 Å². The Balaban J connectivity index is 1.55. The van der Waals surface area contributed by atoms with Gasteiger partial charge in [-0.25, -0.2) is 13.4 Å². The van der Waals surface area contributed by atoms with E-state index in [4.69, 9.17) is 0 Å². The van der Waals surface area contributed by atoms with Gasteiger partial charge >= 0.3 is 0 Å². The first-order valence-electron chi connectivity index (χ1n) is 11.8. The fourth-order valence-corrected chi connectivity index (χ4v) is 6.97. The van der Waals surface area contributed by atoms with Crippen LogP contribution in [0.4, 0.5) is 5.69 Å². The number of thiophene rings is 1. The van der Waals surface area contributed by atoms with Gasteiger partial charge in [0.15, 0.2) is 0 Å². The second kappa shape index (κ2) is 10.5.